The summed E-state index contributed by atoms with van der Waals surface area (Å²) >= 11 is 0. The Bertz CT molecular complexity index is 1340. The van der Waals surface area contributed by atoms with Crippen LogP contribution < -0.4 is 9.47 Å². The van der Waals surface area contributed by atoms with Crippen molar-refractivity contribution in [3.63, 3.8) is 0 Å². The summed E-state index contributed by atoms with van der Waals surface area (Å²) in [6.07, 6.45) is 2.14. The molecular formula is C33H32O4. The first kappa shape index (κ1) is 25.9. The summed E-state index contributed by atoms with van der Waals surface area (Å²) in [6.45, 7) is 6.31. The molecule has 0 saturated heterocycles. The van der Waals surface area contributed by atoms with E-state index in [4.69, 9.17) is 9.47 Å². The number of carbonyl (C=O) groups is 2. The highest BCUT2D eigenvalue weighted by Gasteiger charge is 2.26. The number of hydrogen-bond acceptors (Lipinski definition) is 4. The van der Waals surface area contributed by atoms with Crippen LogP contribution in [0.3, 0.4) is 0 Å². The summed E-state index contributed by atoms with van der Waals surface area (Å²) in [4.78, 5) is 26.5. The maximum Gasteiger partial charge on any atom is 0.343 e. The minimum Gasteiger partial charge on any atom is -0.419 e. The van der Waals surface area contributed by atoms with Crippen LogP contribution >= 0.6 is 0 Å². The van der Waals surface area contributed by atoms with Crippen molar-refractivity contribution in [2.75, 3.05) is 0 Å². The van der Waals surface area contributed by atoms with Crippen LogP contribution in [0.15, 0.2) is 97.1 Å². The van der Waals surface area contributed by atoms with Gasteiger partial charge in [-0.1, -0.05) is 93.9 Å². The number of ether oxygens (including phenoxy) is 2. The molecule has 0 unspecified atom stereocenters. The first-order valence-electron chi connectivity index (χ1n) is 12.8. The van der Waals surface area contributed by atoms with Crippen LogP contribution in [0.25, 0.3) is 11.1 Å². The number of hydrogen-bond donors (Lipinski definition) is 0. The van der Waals surface area contributed by atoms with Crippen molar-refractivity contribution in [3.05, 3.63) is 119 Å². The number of aryl methyl sites for hydroxylation is 1. The zero-order valence-electron chi connectivity index (χ0n) is 21.6. The van der Waals surface area contributed by atoms with Crippen molar-refractivity contribution in [2.45, 2.75) is 40.0 Å². The lowest BCUT2D eigenvalue weighted by Gasteiger charge is -2.22. The van der Waals surface area contributed by atoms with Gasteiger partial charge in [0.05, 0.1) is 11.1 Å². The normalized spacial score (nSPS) is 10.8. The molecule has 4 aromatic carbocycles. The molecular weight excluding hydrogens is 460 g/mol. The monoisotopic (exact) mass is 492 g/mol. The Labute approximate surface area is 218 Å². The topological polar surface area (TPSA) is 52.6 Å². The van der Waals surface area contributed by atoms with E-state index in [1.54, 1.807) is 48.5 Å². The van der Waals surface area contributed by atoms with E-state index < -0.39 is 11.9 Å². The SMILES string of the molecule is CCCc1cc(-c2ccccc2)c(CC(C)C)c(OC(=O)c2ccccc2)c1OC(=O)c1ccccc1. The summed E-state index contributed by atoms with van der Waals surface area (Å²) in [5.74, 6) is -0.0773. The molecule has 0 spiro atoms. The number of rotatable bonds is 9. The first-order valence-corrected chi connectivity index (χ1v) is 12.8. The van der Waals surface area contributed by atoms with Gasteiger partial charge in [-0.15, -0.1) is 0 Å². The lowest BCUT2D eigenvalue weighted by atomic mass is 9.89. The fourth-order valence-corrected chi connectivity index (χ4v) is 4.34. The van der Waals surface area contributed by atoms with E-state index in [1.165, 1.54) is 0 Å². The van der Waals surface area contributed by atoms with Gasteiger partial charge in [-0.05, 0) is 65.8 Å². The Balaban J connectivity index is 1.93. The third kappa shape index (κ3) is 6.34. The molecule has 0 aliphatic heterocycles. The van der Waals surface area contributed by atoms with Crippen LogP contribution in [0.4, 0.5) is 0 Å². The first-order chi connectivity index (χ1) is 18.0. The highest BCUT2D eigenvalue weighted by Crippen LogP contribution is 2.44. The van der Waals surface area contributed by atoms with Gasteiger partial charge in [0.2, 0.25) is 0 Å². The highest BCUT2D eigenvalue weighted by atomic mass is 16.6. The van der Waals surface area contributed by atoms with Crippen molar-refractivity contribution in [2.24, 2.45) is 5.92 Å². The van der Waals surface area contributed by atoms with Crippen molar-refractivity contribution >= 4 is 11.9 Å². The number of esters is 2. The summed E-state index contributed by atoms with van der Waals surface area (Å²) < 4.78 is 12.2. The van der Waals surface area contributed by atoms with Crippen LogP contribution in [-0.4, -0.2) is 11.9 Å². The van der Waals surface area contributed by atoms with Crippen molar-refractivity contribution in [1.82, 2.24) is 0 Å². The molecule has 0 saturated carbocycles. The van der Waals surface area contributed by atoms with E-state index >= 15 is 0 Å². The Morgan fingerprint density at radius 1 is 0.703 bits per heavy atom. The maximum absolute atomic E-state index is 13.3. The van der Waals surface area contributed by atoms with Gasteiger partial charge in [-0.2, -0.15) is 0 Å². The van der Waals surface area contributed by atoms with E-state index in [1.807, 2.05) is 42.5 Å². The fraction of sp³-hybridized carbons (Fsp3) is 0.212. The van der Waals surface area contributed by atoms with E-state index in [9.17, 15) is 9.59 Å². The second-order valence-corrected chi connectivity index (χ2v) is 9.45. The van der Waals surface area contributed by atoms with Gasteiger partial charge in [0, 0.05) is 5.56 Å². The van der Waals surface area contributed by atoms with Crippen LogP contribution in [0, 0.1) is 5.92 Å². The van der Waals surface area contributed by atoms with Gasteiger partial charge in [0.1, 0.15) is 0 Å². The predicted octanol–water partition coefficient (Wildman–Crippen LogP) is 7.94. The number of carbonyl (C=O) groups excluding carboxylic acids is 2. The Kier molecular flexibility index (Phi) is 8.52. The second-order valence-electron chi connectivity index (χ2n) is 9.45. The molecule has 4 rings (SSSR count). The smallest absolute Gasteiger partial charge is 0.343 e. The summed E-state index contributed by atoms with van der Waals surface area (Å²) in [5, 5.41) is 0. The van der Waals surface area contributed by atoms with Gasteiger partial charge in [0.25, 0.3) is 0 Å². The zero-order chi connectivity index (χ0) is 26.2. The molecule has 0 heterocycles. The minimum atomic E-state index is -0.490. The predicted molar refractivity (Wildman–Crippen MR) is 147 cm³/mol. The van der Waals surface area contributed by atoms with E-state index in [0.717, 1.165) is 28.7 Å². The van der Waals surface area contributed by atoms with Crippen LogP contribution in [0.2, 0.25) is 0 Å². The van der Waals surface area contributed by atoms with Gasteiger partial charge < -0.3 is 9.47 Å². The van der Waals surface area contributed by atoms with E-state index in [-0.39, 0.29) is 5.92 Å². The van der Waals surface area contributed by atoms with E-state index in [0.29, 0.717) is 35.5 Å². The summed E-state index contributed by atoms with van der Waals surface area (Å²) in [6, 6.07) is 29.9. The maximum atomic E-state index is 13.3. The number of benzene rings is 4. The molecule has 0 aliphatic rings. The molecule has 0 aromatic heterocycles. The van der Waals surface area contributed by atoms with Crippen molar-refractivity contribution < 1.29 is 19.1 Å². The largest absolute Gasteiger partial charge is 0.419 e. The lowest BCUT2D eigenvalue weighted by Crippen LogP contribution is -2.16. The lowest BCUT2D eigenvalue weighted by molar-refractivity contribution is 0.0679. The van der Waals surface area contributed by atoms with Gasteiger partial charge in [0.15, 0.2) is 11.5 Å². The highest BCUT2D eigenvalue weighted by molar-refractivity contribution is 5.94. The molecule has 0 atom stereocenters. The molecule has 0 fully saturated rings. The molecule has 4 nitrogen and oxygen atoms in total. The minimum absolute atomic E-state index is 0.270. The molecule has 0 amide bonds. The zero-order valence-corrected chi connectivity index (χ0v) is 21.6. The molecule has 0 radical (unpaired) electrons. The molecule has 4 aromatic rings. The molecule has 0 bridgehead atoms. The van der Waals surface area contributed by atoms with Gasteiger partial charge >= 0.3 is 11.9 Å². The summed E-state index contributed by atoms with van der Waals surface area (Å²) in [7, 11) is 0. The van der Waals surface area contributed by atoms with Gasteiger partial charge in [-0.3, -0.25) is 0 Å². The summed E-state index contributed by atoms with van der Waals surface area (Å²) in [5.41, 5.74) is 4.54. The van der Waals surface area contributed by atoms with Crippen LogP contribution in [-0.2, 0) is 12.8 Å². The van der Waals surface area contributed by atoms with E-state index in [2.05, 4.69) is 26.8 Å². The van der Waals surface area contributed by atoms with Gasteiger partial charge in [-0.25, -0.2) is 9.59 Å². The third-order valence-corrected chi connectivity index (χ3v) is 6.04. The molecule has 0 aliphatic carbocycles. The average molecular weight is 493 g/mol. The standard InChI is InChI=1S/C33H32O4/c1-4-14-27-22-28(24-15-8-5-9-16-24)29(21-23(2)3)31(37-33(35)26-19-12-7-13-20-26)30(27)36-32(34)25-17-10-6-11-18-25/h5-13,15-20,22-23H,4,14,21H2,1-3H3. The Hall–Kier alpha value is -4.18. The molecule has 37 heavy (non-hydrogen) atoms. The molecule has 4 heteroatoms. The van der Waals surface area contributed by atoms with Crippen LogP contribution in [0.1, 0.15) is 59.0 Å². The second kappa shape index (κ2) is 12.2. The Morgan fingerprint density at radius 2 is 1.19 bits per heavy atom. The third-order valence-electron chi connectivity index (χ3n) is 6.04. The molecule has 188 valence electrons. The molecule has 0 N–H and O–H groups in total. The van der Waals surface area contributed by atoms with Crippen molar-refractivity contribution in [3.8, 4) is 22.6 Å². The average Bonchev–Trinajstić information content (AvgIpc) is 2.92. The Morgan fingerprint density at radius 3 is 1.68 bits per heavy atom. The fourth-order valence-electron chi connectivity index (χ4n) is 4.34. The van der Waals surface area contributed by atoms with Crippen molar-refractivity contribution in [1.29, 1.82) is 0 Å². The van der Waals surface area contributed by atoms with Crippen LogP contribution in [0.5, 0.6) is 11.5 Å². The quantitative estimate of drug-likeness (QED) is 0.176.